The van der Waals surface area contributed by atoms with Crippen LogP contribution in [0.4, 0.5) is 5.82 Å². The van der Waals surface area contributed by atoms with Crippen molar-refractivity contribution in [1.29, 1.82) is 0 Å². The number of rotatable bonds is 2. The first-order valence-electron chi connectivity index (χ1n) is 6.92. The SMILES string of the molecule is Nc1ncc(-c2cccnc2)cc1-c1nc2ccccc2[nH]1. The van der Waals surface area contributed by atoms with Gasteiger partial charge in [0.1, 0.15) is 11.6 Å². The van der Waals surface area contributed by atoms with Gasteiger partial charge in [-0.15, -0.1) is 0 Å². The van der Waals surface area contributed by atoms with E-state index in [0.717, 1.165) is 33.5 Å². The molecule has 0 atom stereocenters. The highest BCUT2D eigenvalue weighted by molar-refractivity contribution is 5.83. The number of benzene rings is 1. The Balaban J connectivity index is 1.87. The summed E-state index contributed by atoms with van der Waals surface area (Å²) in [7, 11) is 0. The minimum Gasteiger partial charge on any atom is -0.383 e. The molecule has 106 valence electrons. The molecule has 0 amide bonds. The summed E-state index contributed by atoms with van der Waals surface area (Å²) in [5.74, 6) is 1.17. The van der Waals surface area contributed by atoms with Crippen LogP contribution in [0.2, 0.25) is 0 Å². The molecule has 1 aromatic carbocycles. The predicted octanol–water partition coefficient (Wildman–Crippen LogP) is 3.27. The fourth-order valence-corrected chi connectivity index (χ4v) is 2.44. The Kier molecular flexibility index (Phi) is 2.83. The Morgan fingerprint density at radius 2 is 1.86 bits per heavy atom. The van der Waals surface area contributed by atoms with Crippen molar-refractivity contribution in [3.63, 3.8) is 0 Å². The van der Waals surface area contributed by atoms with Crippen molar-refractivity contribution in [2.45, 2.75) is 0 Å². The first-order chi connectivity index (χ1) is 10.8. The fourth-order valence-electron chi connectivity index (χ4n) is 2.44. The number of nitrogens with two attached hydrogens (primary N) is 1. The normalized spacial score (nSPS) is 10.9. The zero-order valence-electron chi connectivity index (χ0n) is 11.7. The van der Waals surface area contributed by atoms with Crippen molar-refractivity contribution in [2.24, 2.45) is 0 Å². The Morgan fingerprint density at radius 3 is 2.68 bits per heavy atom. The highest BCUT2D eigenvalue weighted by atomic mass is 14.9. The molecular formula is C17H13N5. The molecule has 0 aliphatic heterocycles. The molecule has 5 nitrogen and oxygen atoms in total. The molecule has 22 heavy (non-hydrogen) atoms. The van der Waals surface area contributed by atoms with Crippen LogP contribution in [0.15, 0.2) is 61.1 Å². The molecule has 0 saturated carbocycles. The number of fused-ring (bicyclic) bond motifs is 1. The maximum Gasteiger partial charge on any atom is 0.142 e. The van der Waals surface area contributed by atoms with Gasteiger partial charge in [-0.25, -0.2) is 9.97 Å². The van der Waals surface area contributed by atoms with Gasteiger partial charge in [0, 0.05) is 29.7 Å². The fraction of sp³-hybridized carbons (Fsp3) is 0. The summed E-state index contributed by atoms with van der Waals surface area (Å²) in [6.45, 7) is 0. The van der Waals surface area contributed by atoms with Gasteiger partial charge in [-0.3, -0.25) is 4.98 Å². The number of hydrogen-bond acceptors (Lipinski definition) is 4. The van der Waals surface area contributed by atoms with Crippen LogP contribution < -0.4 is 5.73 Å². The number of aromatic amines is 1. The summed E-state index contributed by atoms with van der Waals surface area (Å²) in [4.78, 5) is 16.3. The second-order valence-corrected chi connectivity index (χ2v) is 5.00. The van der Waals surface area contributed by atoms with Crippen molar-refractivity contribution in [3.05, 3.63) is 61.1 Å². The molecule has 5 heteroatoms. The molecule has 4 rings (SSSR count). The van der Waals surface area contributed by atoms with Gasteiger partial charge < -0.3 is 10.7 Å². The van der Waals surface area contributed by atoms with E-state index in [-0.39, 0.29) is 0 Å². The lowest BCUT2D eigenvalue weighted by Gasteiger charge is -2.05. The van der Waals surface area contributed by atoms with E-state index < -0.39 is 0 Å². The second kappa shape index (κ2) is 4.96. The number of nitrogens with one attached hydrogen (secondary N) is 1. The number of hydrogen-bond donors (Lipinski definition) is 2. The maximum atomic E-state index is 6.03. The summed E-state index contributed by atoms with van der Waals surface area (Å²) >= 11 is 0. The third kappa shape index (κ3) is 2.09. The summed E-state index contributed by atoms with van der Waals surface area (Å²) in [6.07, 6.45) is 5.29. The topological polar surface area (TPSA) is 80.5 Å². The molecule has 0 bridgehead atoms. The summed E-state index contributed by atoms with van der Waals surface area (Å²) in [6, 6.07) is 13.7. The third-order valence-corrected chi connectivity index (χ3v) is 3.56. The number of para-hydroxylation sites is 2. The first kappa shape index (κ1) is 12.5. The summed E-state index contributed by atoms with van der Waals surface area (Å²) in [5.41, 5.74) is 10.7. The molecule has 0 unspecified atom stereocenters. The Bertz CT molecular complexity index is 911. The van der Waals surface area contributed by atoms with Gasteiger partial charge in [0.05, 0.1) is 16.6 Å². The molecule has 0 saturated heterocycles. The van der Waals surface area contributed by atoms with Crippen molar-refractivity contribution in [1.82, 2.24) is 19.9 Å². The van der Waals surface area contributed by atoms with Crippen LogP contribution in [-0.4, -0.2) is 19.9 Å². The zero-order chi connectivity index (χ0) is 14.9. The molecule has 4 aromatic rings. The lowest BCUT2D eigenvalue weighted by molar-refractivity contribution is 1.27. The van der Waals surface area contributed by atoms with Crippen molar-refractivity contribution >= 4 is 16.9 Å². The molecule has 3 aromatic heterocycles. The minimum atomic E-state index is 0.451. The first-order valence-corrected chi connectivity index (χ1v) is 6.92. The average molecular weight is 287 g/mol. The van der Waals surface area contributed by atoms with Crippen LogP contribution in [0.3, 0.4) is 0 Å². The van der Waals surface area contributed by atoms with Gasteiger partial charge in [0.15, 0.2) is 0 Å². The molecular weight excluding hydrogens is 274 g/mol. The average Bonchev–Trinajstić information content (AvgIpc) is 3.00. The predicted molar refractivity (Wildman–Crippen MR) is 87.0 cm³/mol. The highest BCUT2D eigenvalue weighted by Gasteiger charge is 2.11. The van der Waals surface area contributed by atoms with Crippen LogP contribution in [0, 0.1) is 0 Å². The number of anilines is 1. The van der Waals surface area contributed by atoms with E-state index in [0.29, 0.717) is 5.82 Å². The zero-order valence-corrected chi connectivity index (χ0v) is 11.7. The summed E-state index contributed by atoms with van der Waals surface area (Å²) < 4.78 is 0. The number of pyridine rings is 2. The Labute approximate surface area is 126 Å². The van der Waals surface area contributed by atoms with Gasteiger partial charge >= 0.3 is 0 Å². The van der Waals surface area contributed by atoms with Crippen LogP contribution in [0.5, 0.6) is 0 Å². The monoisotopic (exact) mass is 287 g/mol. The van der Waals surface area contributed by atoms with E-state index in [2.05, 4.69) is 19.9 Å². The van der Waals surface area contributed by atoms with E-state index >= 15 is 0 Å². The largest absolute Gasteiger partial charge is 0.383 e. The number of aromatic nitrogens is 4. The Hall–Kier alpha value is -3.21. The van der Waals surface area contributed by atoms with E-state index in [1.165, 1.54) is 0 Å². The highest BCUT2D eigenvalue weighted by Crippen LogP contribution is 2.28. The van der Waals surface area contributed by atoms with E-state index in [9.17, 15) is 0 Å². The quantitative estimate of drug-likeness (QED) is 0.593. The number of nitrogens with zero attached hydrogens (tertiary/aromatic N) is 3. The van der Waals surface area contributed by atoms with Crippen LogP contribution >= 0.6 is 0 Å². The standard InChI is InChI=1S/C17H13N5/c18-16-13(17-21-14-5-1-2-6-15(14)22-17)8-12(10-20-16)11-4-3-7-19-9-11/h1-10H,(H2,18,20)(H,21,22). The van der Waals surface area contributed by atoms with E-state index in [4.69, 9.17) is 5.73 Å². The molecule has 3 heterocycles. The lowest BCUT2D eigenvalue weighted by atomic mass is 10.1. The number of H-pyrrole nitrogens is 1. The number of imidazole rings is 1. The molecule has 0 aliphatic carbocycles. The van der Waals surface area contributed by atoms with Gasteiger partial charge in [0.25, 0.3) is 0 Å². The van der Waals surface area contributed by atoms with Crippen LogP contribution in [0.25, 0.3) is 33.5 Å². The molecule has 0 aliphatic rings. The second-order valence-electron chi connectivity index (χ2n) is 5.00. The molecule has 0 spiro atoms. The van der Waals surface area contributed by atoms with E-state index in [1.807, 2.05) is 42.5 Å². The molecule has 3 N–H and O–H groups in total. The third-order valence-electron chi connectivity index (χ3n) is 3.56. The van der Waals surface area contributed by atoms with Gasteiger partial charge in [-0.2, -0.15) is 0 Å². The summed E-state index contributed by atoms with van der Waals surface area (Å²) in [5, 5.41) is 0. The smallest absolute Gasteiger partial charge is 0.142 e. The van der Waals surface area contributed by atoms with Crippen LogP contribution in [-0.2, 0) is 0 Å². The van der Waals surface area contributed by atoms with Crippen molar-refractivity contribution in [3.8, 4) is 22.5 Å². The Morgan fingerprint density at radius 1 is 0.955 bits per heavy atom. The van der Waals surface area contributed by atoms with Crippen LogP contribution in [0.1, 0.15) is 0 Å². The lowest BCUT2D eigenvalue weighted by Crippen LogP contribution is -1.96. The van der Waals surface area contributed by atoms with Gasteiger partial charge in [-0.1, -0.05) is 18.2 Å². The van der Waals surface area contributed by atoms with Gasteiger partial charge in [-0.05, 0) is 24.3 Å². The molecule has 0 fully saturated rings. The van der Waals surface area contributed by atoms with E-state index in [1.54, 1.807) is 18.6 Å². The van der Waals surface area contributed by atoms with Crippen molar-refractivity contribution in [2.75, 3.05) is 5.73 Å². The number of nitrogen functional groups attached to an aromatic ring is 1. The molecule has 0 radical (unpaired) electrons. The van der Waals surface area contributed by atoms with Gasteiger partial charge in [0.2, 0.25) is 0 Å². The minimum absolute atomic E-state index is 0.451. The maximum absolute atomic E-state index is 6.03. The van der Waals surface area contributed by atoms with Crippen molar-refractivity contribution < 1.29 is 0 Å².